The maximum Gasteiger partial charge on any atom is 0.305 e. The van der Waals surface area contributed by atoms with E-state index in [0.717, 1.165) is 46.3 Å². The summed E-state index contributed by atoms with van der Waals surface area (Å²) in [6, 6.07) is 23.6. The Morgan fingerprint density at radius 2 is 1.45 bits per heavy atom. The summed E-state index contributed by atoms with van der Waals surface area (Å²) in [6.07, 6.45) is 3.04. The van der Waals surface area contributed by atoms with Crippen molar-refractivity contribution in [3.63, 3.8) is 0 Å². The summed E-state index contributed by atoms with van der Waals surface area (Å²) in [7, 11) is 0. The Bertz CT molecular complexity index is 1760. The number of fused-ring (bicyclic) bond motifs is 1. The van der Waals surface area contributed by atoms with E-state index in [1.54, 1.807) is 6.20 Å². The van der Waals surface area contributed by atoms with Gasteiger partial charge in [-0.15, -0.1) is 0 Å². The topological polar surface area (TPSA) is 157 Å². The molecule has 0 unspecified atom stereocenters. The minimum atomic E-state index is -1.07. The highest BCUT2D eigenvalue weighted by Crippen LogP contribution is 2.30. The van der Waals surface area contributed by atoms with Crippen LogP contribution in [0.15, 0.2) is 85.1 Å². The molecular formula is C43H56N4O8. The van der Waals surface area contributed by atoms with Crippen LogP contribution < -0.4 is 16.0 Å². The number of rotatable bonds is 26. The highest BCUT2D eigenvalue weighted by atomic mass is 16.6. The quantitative estimate of drug-likeness (QED) is 0.0534. The fourth-order valence-corrected chi connectivity index (χ4v) is 5.80. The number of carbonyl (C=O) groups excluding carboxylic acids is 2. The van der Waals surface area contributed by atoms with E-state index in [-0.39, 0.29) is 38.6 Å². The molecule has 0 spiro atoms. The lowest BCUT2D eigenvalue weighted by Gasteiger charge is -2.23. The molecule has 0 saturated heterocycles. The van der Waals surface area contributed by atoms with Gasteiger partial charge in [0.1, 0.15) is 11.9 Å². The number of hydrogen-bond acceptors (Lipinski definition) is 9. The zero-order valence-electron chi connectivity index (χ0n) is 32.3. The van der Waals surface area contributed by atoms with E-state index in [2.05, 4.69) is 53.0 Å². The fourth-order valence-electron chi connectivity index (χ4n) is 5.80. The Kier molecular flexibility index (Phi) is 18.6. The summed E-state index contributed by atoms with van der Waals surface area (Å²) in [4.78, 5) is 43.0. The van der Waals surface area contributed by atoms with Gasteiger partial charge >= 0.3 is 5.97 Å². The number of carboxylic acids is 1. The first kappa shape index (κ1) is 42.9. The molecule has 3 aromatic carbocycles. The monoisotopic (exact) mass is 756 g/mol. The lowest BCUT2D eigenvalue weighted by atomic mass is 9.95. The zero-order chi connectivity index (χ0) is 39.3. The van der Waals surface area contributed by atoms with E-state index >= 15 is 0 Å². The largest absolute Gasteiger partial charge is 0.481 e. The molecule has 2 atom stereocenters. The lowest BCUT2D eigenvalue weighted by molar-refractivity contribution is -0.138. The van der Waals surface area contributed by atoms with Crippen molar-refractivity contribution < 1.29 is 38.4 Å². The summed E-state index contributed by atoms with van der Waals surface area (Å²) in [5.74, 6) is -0.633. The first-order valence-corrected chi connectivity index (χ1v) is 19.1. The van der Waals surface area contributed by atoms with Crippen molar-refractivity contribution in [1.82, 2.24) is 15.6 Å². The Morgan fingerprint density at radius 3 is 2.15 bits per heavy atom. The Labute approximate surface area is 324 Å². The van der Waals surface area contributed by atoms with Gasteiger partial charge in [0, 0.05) is 25.8 Å². The van der Waals surface area contributed by atoms with Gasteiger partial charge in [0.15, 0.2) is 0 Å². The molecule has 0 fully saturated rings. The summed E-state index contributed by atoms with van der Waals surface area (Å²) in [6.45, 7) is 9.65. The Morgan fingerprint density at radius 1 is 0.782 bits per heavy atom. The number of aryl methyl sites for hydroxylation is 1. The number of aromatic nitrogens is 1. The van der Waals surface area contributed by atoms with Crippen molar-refractivity contribution in [2.45, 2.75) is 58.5 Å². The minimum Gasteiger partial charge on any atom is -0.481 e. The van der Waals surface area contributed by atoms with Crippen LogP contribution >= 0.6 is 0 Å². The van der Waals surface area contributed by atoms with Crippen LogP contribution in [0.4, 0.5) is 5.82 Å². The van der Waals surface area contributed by atoms with E-state index in [4.69, 9.17) is 18.9 Å². The first-order chi connectivity index (χ1) is 26.7. The van der Waals surface area contributed by atoms with Gasteiger partial charge < -0.3 is 40.0 Å². The van der Waals surface area contributed by atoms with Crippen molar-refractivity contribution in [3.05, 3.63) is 96.2 Å². The van der Waals surface area contributed by atoms with Gasteiger partial charge in [0.2, 0.25) is 11.8 Å². The molecule has 0 bridgehead atoms. The molecule has 12 nitrogen and oxygen atoms in total. The minimum absolute atomic E-state index is 0.129. The van der Waals surface area contributed by atoms with E-state index in [1.807, 2.05) is 67.6 Å². The first-order valence-electron chi connectivity index (χ1n) is 19.1. The average molecular weight is 757 g/mol. The van der Waals surface area contributed by atoms with Gasteiger partial charge in [-0.2, -0.15) is 0 Å². The maximum atomic E-state index is 13.7. The summed E-state index contributed by atoms with van der Waals surface area (Å²) < 4.78 is 22.5. The number of benzene rings is 3. The number of nitrogens with one attached hydrogen (secondary N) is 3. The van der Waals surface area contributed by atoms with Crippen LogP contribution in [0.3, 0.4) is 0 Å². The van der Waals surface area contributed by atoms with E-state index < -0.39 is 24.0 Å². The molecule has 0 saturated carbocycles. The second kappa shape index (κ2) is 23.8. The fraction of sp³-hybridized carbons (Fsp3) is 0.442. The van der Waals surface area contributed by atoms with E-state index in [9.17, 15) is 19.5 Å². The van der Waals surface area contributed by atoms with Gasteiger partial charge in [-0.25, -0.2) is 4.98 Å². The molecule has 4 aromatic rings. The van der Waals surface area contributed by atoms with Gasteiger partial charge in [0.25, 0.3) is 0 Å². The third-order valence-electron chi connectivity index (χ3n) is 8.80. The van der Waals surface area contributed by atoms with Crippen molar-refractivity contribution in [2.75, 3.05) is 64.7 Å². The Balaban J connectivity index is 1.32. The zero-order valence-corrected chi connectivity index (χ0v) is 32.3. The van der Waals surface area contributed by atoms with Crippen LogP contribution in [-0.4, -0.2) is 93.3 Å². The highest BCUT2D eigenvalue weighted by Gasteiger charge is 2.26. The number of amides is 2. The van der Waals surface area contributed by atoms with Gasteiger partial charge in [0.05, 0.1) is 58.7 Å². The van der Waals surface area contributed by atoms with Crippen molar-refractivity contribution in [3.8, 4) is 11.1 Å². The molecule has 0 aliphatic rings. The van der Waals surface area contributed by atoms with Crippen LogP contribution in [0.2, 0.25) is 0 Å². The number of anilines is 1. The predicted octanol–water partition coefficient (Wildman–Crippen LogP) is 6.33. The molecule has 4 N–H and O–H groups in total. The summed E-state index contributed by atoms with van der Waals surface area (Å²) >= 11 is 0. The molecule has 1 aromatic heterocycles. The van der Waals surface area contributed by atoms with Crippen molar-refractivity contribution in [1.29, 1.82) is 0 Å². The number of carboxylic acid groups (broad SMARTS) is 1. The third-order valence-corrected chi connectivity index (χ3v) is 8.80. The Hall–Kier alpha value is -4.88. The molecule has 55 heavy (non-hydrogen) atoms. The van der Waals surface area contributed by atoms with Crippen LogP contribution in [0.5, 0.6) is 0 Å². The standard InChI is InChI=1S/C43H56N4O8/c1-31(2)18-21-52-22-23-53-24-25-54-26-27-55-30-39(46-41(48)12-7-19-44-40-28-32(3)17-20-45-40)43(51)47-38(29-42(49)50)35-15-13-34(14-16-35)37-11-6-9-33-8-4-5-10-36(33)37/h4-6,8-11,13-17,20,28,31,38-39H,7,12,18-19,21-27,29-30H2,1-3H3,(H,44,45)(H,46,48)(H,47,51)(H,49,50)/t38-,39+/m1/s1. The number of ether oxygens (including phenoxy) is 4. The van der Waals surface area contributed by atoms with Crippen molar-refractivity contribution in [2.24, 2.45) is 5.92 Å². The number of nitrogens with zero attached hydrogens (tertiary/aromatic N) is 1. The number of hydrogen-bond donors (Lipinski definition) is 4. The molecule has 2 amide bonds. The smallest absolute Gasteiger partial charge is 0.305 e. The summed E-state index contributed by atoms with van der Waals surface area (Å²) in [5.41, 5.74) is 3.71. The maximum absolute atomic E-state index is 13.7. The molecule has 1 heterocycles. The van der Waals surface area contributed by atoms with Crippen molar-refractivity contribution >= 4 is 34.4 Å². The van der Waals surface area contributed by atoms with Crippen LogP contribution in [0.25, 0.3) is 21.9 Å². The highest BCUT2D eigenvalue weighted by molar-refractivity contribution is 5.96. The molecule has 0 radical (unpaired) electrons. The van der Waals surface area contributed by atoms with Gasteiger partial charge in [-0.3, -0.25) is 14.4 Å². The lowest BCUT2D eigenvalue weighted by Crippen LogP contribution is -2.50. The van der Waals surface area contributed by atoms with Crippen LogP contribution in [0, 0.1) is 12.8 Å². The molecule has 0 aliphatic carbocycles. The molecule has 4 rings (SSSR count). The van der Waals surface area contributed by atoms with Crippen LogP contribution in [0.1, 0.15) is 56.7 Å². The SMILES string of the molecule is Cc1ccnc(NCCCC(=O)N[C@@H](COCCOCCOCCOCCC(C)C)C(=O)N[C@H](CC(=O)O)c2ccc(-c3cccc4ccccc34)cc2)c1. The molecular weight excluding hydrogens is 700 g/mol. The third kappa shape index (κ3) is 15.8. The summed E-state index contributed by atoms with van der Waals surface area (Å²) in [5, 5.41) is 20.8. The van der Waals surface area contributed by atoms with E-state index in [1.165, 1.54) is 0 Å². The molecule has 12 heteroatoms. The number of pyridine rings is 1. The predicted molar refractivity (Wildman–Crippen MR) is 214 cm³/mol. The van der Waals surface area contributed by atoms with Gasteiger partial charge in [-0.1, -0.05) is 80.6 Å². The molecule has 296 valence electrons. The molecule has 0 aliphatic heterocycles. The van der Waals surface area contributed by atoms with Crippen LogP contribution in [-0.2, 0) is 33.3 Å². The number of carbonyl (C=O) groups is 3. The van der Waals surface area contributed by atoms with Gasteiger partial charge in [-0.05, 0) is 70.8 Å². The van der Waals surface area contributed by atoms with E-state index in [0.29, 0.717) is 50.9 Å². The normalized spacial score (nSPS) is 12.4. The average Bonchev–Trinajstić information content (AvgIpc) is 3.17. The number of aliphatic carboxylic acids is 1. The second-order valence-corrected chi connectivity index (χ2v) is 13.8. The second-order valence-electron chi connectivity index (χ2n) is 13.8.